The van der Waals surface area contributed by atoms with E-state index in [-0.39, 0.29) is 5.91 Å². The van der Waals surface area contributed by atoms with E-state index in [9.17, 15) is 4.79 Å². The van der Waals surface area contributed by atoms with Crippen LogP contribution in [0.4, 0.5) is 0 Å². The molecule has 0 aromatic carbocycles. The first-order valence-electron chi connectivity index (χ1n) is 4.21. The highest BCUT2D eigenvalue weighted by Crippen LogP contribution is 1.93. The van der Waals surface area contributed by atoms with Crippen LogP contribution in [-0.4, -0.2) is 31.4 Å². The van der Waals surface area contributed by atoms with E-state index in [1.807, 2.05) is 39.0 Å². The summed E-state index contributed by atoms with van der Waals surface area (Å²) in [4.78, 5) is 13.1. The molecule has 0 spiro atoms. The molecule has 0 aliphatic carbocycles. The molecule has 1 amide bonds. The van der Waals surface area contributed by atoms with E-state index in [1.165, 1.54) is 0 Å². The van der Waals surface area contributed by atoms with E-state index >= 15 is 0 Å². The highest BCUT2D eigenvalue weighted by atomic mass is 16.1. The van der Waals surface area contributed by atoms with Crippen molar-refractivity contribution in [3.63, 3.8) is 0 Å². The molecule has 0 aromatic rings. The fourth-order valence-electron chi connectivity index (χ4n) is 0.824. The normalized spacial score (nSPS) is 11.2. The van der Waals surface area contributed by atoms with Crippen molar-refractivity contribution >= 4 is 5.91 Å². The molecule has 0 bridgehead atoms. The van der Waals surface area contributed by atoms with Crippen molar-refractivity contribution in [1.29, 1.82) is 0 Å². The fourth-order valence-corrected chi connectivity index (χ4v) is 0.824. The quantitative estimate of drug-likeness (QED) is 0.638. The van der Waals surface area contributed by atoms with Crippen LogP contribution >= 0.6 is 0 Å². The maximum Gasteiger partial charge on any atom is 0.248 e. The molecular formula is C9H18N2O. The zero-order chi connectivity index (χ0) is 9.56. The van der Waals surface area contributed by atoms with Gasteiger partial charge in [-0.2, -0.15) is 0 Å². The van der Waals surface area contributed by atoms with Crippen molar-refractivity contribution in [2.45, 2.75) is 20.3 Å². The van der Waals surface area contributed by atoms with Gasteiger partial charge in [-0.3, -0.25) is 4.79 Å². The van der Waals surface area contributed by atoms with Crippen molar-refractivity contribution in [2.24, 2.45) is 0 Å². The van der Waals surface area contributed by atoms with Crippen LogP contribution in [0.2, 0.25) is 0 Å². The number of carbonyl (C=O) groups is 1. The van der Waals surface area contributed by atoms with Crippen LogP contribution in [0.25, 0.3) is 0 Å². The summed E-state index contributed by atoms with van der Waals surface area (Å²) >= 11 is 0. The number of nitrogens with zero attached hydrogens (tertiary/aromatic N) is 1. The van der Waals surface area contributed by atoms with E-state index in [0.717, 1.165) is 18.5 Å². The van der Waals surface area contributed by atoms with Gasteiger partial charge in [0.25, 0.3) is 0 Å². The van der Waals surface area contributed by atoms with Crippen LogP contribution in [-0.2, 0) is 4.79 Å². The Bertz CT molecular complexity index is 173. The molecule has 0 unspecified atom stereocenters. The predicted octanol–water partition coefficient (Wildman–Crippen LogP) is 0.978. The Balaban J connectivity index is 3.92. The van der Waals surface area contributed by atoms with Crippen LogP contribution in [0.15, 0.2) is 11.8 Å². The first kappa shape index (κ1) is 11.0. The second-order valence-corrected chi connectivity index (χ2v) is 3.03. The minimum Gasteiger partial charge on any atom is -0.383 e. The highest BCUT2D eigenvalue weighted by Gasteiger charge is 2.01. The first-order valence-corrected chi connectivity index (χ1v) is 4.21. The maximum absolute atomic E-state index is 11.2. The summed E-state index contributed by atoms with van der Waals surface area (Å²) in [6, 6.07) is 0. The van der Waals surface area contributed by atoms with Crippen molar-refractivity contribution < 1.29 is 4.79 Å². The minimum absolute atomic E-state index is 0.0190. The summed E-state index contributed by atoms with van der Waals surface area (Å²) in [5.74, 6) is 0.0190. The Labute approximate surface area is 74.4 Å². The summed E-state index contributed by atoms with van der Waals surface area (Å²) in [5, 5.41) is 2.80. The van der Waals surface area contributed by atoms with Gasteiger partial charge in [0.05, 0.1) is 0 Å². The number of amides is 1. The van der Waals surface area contributed by atoms with Crippen molar-refractivity contribution in [3.8, 4) is 0 Å². The third kappa shape index (κ3) is 4.77. The largest absolute Gasteiger partial charge is 0.383 e. The van der Waals surface area contributed by atoms with Crippen LogP contribution < -0.4 is 5.32 Å². The number of hydrogen-bond donors (Lipinski definition) is 1. The first-order chi connectivity index (χ1) is 5.57. The van der Waals surface area contributed by atoms with Gasteiger partial charge in [0, 0.05) is 32.4 Å². The van der Waals surface area contributed by atoms with Gasteiger partial charge in [0.2, 0.25) is 5.91 Å². The Morgan fingerprint density at radius 3 is 2.50 bits per heavy atom. The molecule has 0 atom stereocenters. The zero-order valence-electron chi connectivity index (χ0n) is 8.35. The molecule has 0 aliphatic heterocycles. The van der Waals surface area contributed by atoms with Gasteiger partial charge < -0.3 is 10.2 Å². The molecule has 70 valence electrons. The lowest BCUT2D eigenvalue weighted by molar-refractivity contribution is -0.117. The minimum atomic E-state index is 0.0190. The Hall–Kier alpha value is -0.990. The standard InChI is InChI=1S/C9H18N2O/c1-5-6-10-9(12)8(2)7-11(3)4/h7H,5-6H2,1-4H3,(H,10,12)/b8-7+. The summed E-state index contributed by atoms with van der Waals surface area (Å²) in [6.45, 7) is 4.59. The van der Waals surface area contributed by atoms with Crippen LogP contribution in [0.3, 0.4) is 0 Å². The molecule has 0 fully saturated rings. The Morgan fingerprint density at radius 1 is 1.50 bits per heavy atom. The molecule has 0 saturated carbocycles. The van der Waals surface area contributed by atoms with E-state index in [0.29, 0.717) is 0 Å². The molecule has 0 aromatic heterocycles. The Morgan fingerprint density at radius 2 is 2.08 bits per heavy atom. The lowest BCUT2D eigenvalue weighted by atomic mass is 10.3. The molecular weight excluding hydrogens is 152 g/mol. The lowest BCUT2D eigenvalue weighted by Gasteiger charge is -2.08. The van der Waals surface area contributed by atoms with E-state index in [4.69, 9.17) is 0 Å². The van der Waals surface area contributed by atoms with E-state index in [2.05, 4.69) is 5.32 Å². The number of nitrogens with one attached hydrogen (secondary N) is 1. The number of rotatable bonds is 4. The van der Waals surface area contributed by atoms with Crippen molar-refractivity contribution in [2.75, 3.05) is 20.6 Å². The smallest absolute Gasteiger partial charge is 0.248 e. The van der Waals surface area contributed by atoms with Gasteiger partial charge in [0.1, 0.15) is 0 Å². The van der Waals surface area contributed by atoms with Gasteiger partial charge in [-0.05, 0) is 13.3 Å². The second-order valence-electron chi connectivity index (χ2n) is 3.03. The third-order valence-corrected chi connectivity index (χ3v) is 1.35. The number of hydrogen-bond acceptors (Lipinski definition) is 2. The SMILES string of the molecule is CCCNC(=O)/C(C)=C/N(C)C. The third-order valence-electron chi connectivity index (χ3n) is 1.35. The van der Waals surface area contributed by atoms with Gasteiger partial charge in [0.15, 0.2) is 0 Å². The average Bonchev–Trinajstić information content (AvgIpc) is 1.98. The van der Waals surface area contributed by atoms with Crippen molar-refractivity contribution in [3.05, 3.63) is 11.8 Å². The molecule has 0 heterocycles. The molecule has 12 heavy (non-hydrogen) atoms. The highest BCUT2D eigenvalue weighted by molar-refractivity contribution is 5.92. The monoisotopic (exact) mass is 170 g/mol. The van der Waals surface area contributed by atoms with Gasteiger partial charge in [-0.1, -0.05) is 6.92 Å². The molecule has 0 aliphatic rings. The molecule has 0 saturated heterocycles. The van der Waals surface area contributed by atoms with Crippen LogP contribution in [0.5, 0.6) is 0 Å². The van der Waals surface area contributed by atoms with E-state index < -0.39 is 0 Å². The van der Waals surface area contributed by atoms with Crippen molar-refractivity contribution in [1.82, 2.24) is 10.2 Å². The van der Waals surface area contributed by atoms with Crippen LogP contribution in [0, 0.1) is 0 Å². The zero-order valence-corrected chi connectivity index (χ0v) is 8.35. The Kier molecular flexibility index (Phi) is 5.17. The maximum atomic E-state index is 11.2. The average molecular weight is 170 g/mol. The fraction of sp³-hybridized carbons (Fsp3) is 0.667. The predicted molar refractivity (Wildman–Crippen MR) is 50.7 cm³/mol. The summed E-state index contributed by atoms with van der Waals surface area (Å²) in [7, 11) is 3.80. The summed E-state index contributed by atoms with van der Waals surface area (Å²) in [6.07, 6.45) is 2.78. The lowest BCUT2D eigenvalue weighted by Crippen LogP contribution is -2.25. The van der Waals surface area contributed by atoms with Gasteiger partial charge >= 0.3 is 0 Å². The van der Waals surface area contributed by atoms with E-state index in [1.54, 1.807) is 0 Å². The summed E-state index contributed by atoms with van der Waals surface area (Å²) < 4.78 is 0. The topological polar surface area (TPSA) is 32.3 Å². The second kappa shape index (κ2) is 5.63. The summed E-state index contributed by atoms with van der Waals surface area (Å²) in [5.41, 5.74) is 0.744. The van der Waals surface area contributed by atoms with Crippen LogP contribution in [0.1, 0.15) is 20.3 Å². The molecule has 3 nitrogen and oxygen atoms in total. The number of carbonyl (C=O) groups excluding carboxylic acids is 1. The van der Waals surface area contributed by atoms with Gasteiger partial charge in [-0.15, -0.1) is 0 Å². The molecule has 1 N–H and O–H groups in total. The molecule has 3 heteroatoms. The molecule has 0 rings (SSSR count). The molecule has 0 radical (unpaired) electrons. The van der Waals surface area contributed by atoms with Gasteiger partial charge in [-0.25, -0.2) is 0 Å².